The highest BCUT2D eigenvalue weighted by Crippen LogP contribution is 2.39. The van der Waals surface area contributed by atoms with Gasteiger partial charge in [-0.1, -0.05) is 22.0 Å². The first-order chi connectivity index (χ1) is 8.46. The summed E-state index contributed by atoms with van der Waals surface area (Å²) in [5.74, 6) is -0.182. The van der Waals surface area contributed by atoms with E-state index in [9.17, 15) is 4.79 Å². The highest BCUT2D eigenvalue weighted by Gasteiger charge is 2.45. The van der Waals surface area contributed by atoms with E-state index in [0.29, 0.717) is 0 Å². The molecule has 1 saturated heterocycles. The van der Waals surface area contributed by atoms with Crippen LogP contribution in [0.2, 0.25) is 0 Å². The molecular weight excluding hydrogens is 294 g/mol. The van der Waals surface area contributed by atoms with Crippen molar-refractivity contribution in [1.29, 1.82) is 0 Å². The molecule has 0 aromatic heterocycles. The highest BCUT2D eigenvalue weighted by atomic mass is 79.9. The predicted octanol–water partition coefficient (Wildman–Crippen LogP) is 3.23. The van der Waals surface area contributed by atoms with Crippen molar-refractivity contribution in [2.75, 3.05) is 18.6 Å². The molecule has 1 aromatic rings. The van der Waals surface area contributed by atoms with Gasteiger partial charge in [-0.2, -0.15) is 0 Å². The lowest BCUT2D eigenvalue weighted by molar-refractivity contribution is -0.146. The van der Waals surface area contributed by atoms with Crippen LogP contribution in [0.1, 0.15) is 20.3 Å². The number of ether oxygens (including phenoxy) is 1. The molecule has 0 bridgehead atoms. The molecule has 0 aliphatic carbocycles. The Hall–Kier alpha value is -1.03. The SMILES string of the molecule is COC(=O)C1CCN(c2cccc(Br)c2)C1(C)C. The van der Waals surface area contributed by atoms with Gasteiger partial charge >= 0.3 is 5.97 Å². The predicted molar refractivity (Wildman–Crippen MR) is 75.7 cm³/mol. The Balaban J connectivity index is 2.29. The van der Waals surface area contributed by atoms with E-state index in [1.807, 2.05) is 12.1 Å². The van der Waals surface area contributed by atoms with Crippen molar-refractivity contribution in [3.05, 3.63) is 28.7 Å². The molecule has 0 radical (unpaired) electrons. The molecule has 1 heterocycles. The maximum atomic E-state index is 11.8. The van der Waals surface area contributed by atoms with Gasteiger partial charge < -0.3 is 9.64 Å². The maximum Gasteiger partial charge on any atom is 0.311 e. The fourth-order valence-electron chi connectivity index (χ4n) is 2.74. The number of methoxy groups -OCH3 is 1. The van der Waals surface area contributed by atoms with E-state index in [1.54, 1.807) is 0 Å². The molecule has 1 fully saturated rings. The number of hydrogen-bond acceptors (Lipinski definition) is 3. The van der Waals surface area contributed by atoms with E-state index in [0.717, 1.165) is 23.1 Å². The van der Waals surface area contributed by atoms with Gasteiger partial charge in [0.1, 0.15) is 0 Å². The zero-order chi connectivity index (χ0) is 13.3. The molecule has 0 saturated carbocycles. The Labute approximate surface area is 116 Å². The molecule has 0 N–H and O–H groups in total. The lowest BCUT2D eigenvalue weighted by Crippen LogP contribution is -2.45. The molecule has 1 atom stereocenters. The number of hydrogen-bond donors (Lipinski definition) is 0. The third kappa shape index (κ3) is 2.26. The van der Waals surface area contributed by atoms with E-state index in [-0.39, 0.29) is 17.4 Å². The number of nitrogens with zero attached hydrogens (tertiary/aromatic N) is 1. The van der Waals surface area contributed by atoms with E-state index in [4.69, 9.17) is 4.74 Å². The fourth-order valence-corrected chi connectivity index (χ4v) is 3.13. The third-order valence-electron chi connectivity index (χ3n) is 3.80. The lowest BCUT2D eigenvalue weighted by atomic mass is 9.88. The Morgan fingerprint density at radius 1 is 1.50 bits per heavy atom. The van der Waals surface area contributed by atoms with Gasteiger partial charge in [0.25, 0.3) is 0 Å². The van der Waals surface area contributed by atoms with E-state index >= 15 is 0 Å². The minimum atomic E-state index is -0.214. The summed E-state index contributed by atoms with van der Waals surface area (Å²) in [5, 5.41) is 0. The van der Waals surface area contributed by atoms with Crippen LogP contribution in [0.25, 0.3) is 0 Å². The van der Waals surface area contributed by atoms with Crippen LogP contribution in [0.4, 0.5) is 5.69 Å². The van der Waals surface area contributed by atoms with E-state index in [1.165, 1.54) is 7.11 Å². The second-order valence-electron chi connectivity index (χ2n) is 5.15. The number of benzene rings is 1. The molecule has 2 rings (SSSR count). The Morgan fingerprint density at radius 2 is 2.22 bits per heavy atom. The van der Waals surface area contributed by atoms with Gasteiger partial charge in [-0.3, -0.25) is 4.79 Å². The molecule has 3 nitrogen and oxygen atoms in total. The van der Waals surface area contributed by atoms with Crippen molar-refractivity contribution in [3.63, 3.8) is 0 Å². The van der Waals surface area contributed by atoms with Crippen molar-refractivity contribution < 1.29 is 9.53 Å². The Kier molecular flexibility index (Phi) is 3.66. The summed E-state index contributed by atoms with van der Waals surface area (Å²) in [6.07, 6.45) is 0.839. The van der Waals surface area contributed by atoms with Gasteiger partial charge in [0.05, 0.1) is 13.0 Å². The molecule has 1 aromatic carbocycles. The van der Waals surface area contributed by atoms with Crippen LogP contribution in [-0.4, -0.2) is 25.2 Å². The third-order valence-corrected chi connectivity index (χ3v) is 4.29. The van der Waals surface area contributed by atoms with Crippen molar-refractivity contribution in [3.8, 4) is 0 Å². The Bertz CT molecular complexity index is 459. The number of carbonyl (C=O) groups excluding carboxylic acids is 1. The fraction of sp³-hybridized carbons (Fsp3) is 0.500. The minimum Gasteiger partial charge on any atom is -0.469 e. The van der Waals surface area contributed by atoms with Crippen molar-refractivity contribution in [1.82, 2.24) is 0 Å². The molecular formula is C14H18BrNO2. The summed E-state index contributed by atoms with van der Waals surface area (Å²) in [7, 11) is 1.46. The summed E-state index contributed by atoms with van der Waals surface area (Å²) in [6, 6.07) is 8.18. The average Bonchev–Trinajstić information content (AvgIpc) is 2.63. The minimum absolute atomic E-state index is 0.0681. The molecule has 18 heavy (non-hydrogen) atoms. The van der Waals surface area contributed by atoms with Crippen LogP contribution in [0.3, 0.4) is 0 Å². The van der Waals surface area contributed by atoms with Crippen LogP contribution in [0.5, 0.6) is 0 Å². The standard InChI is InChI=1S/C14H18BrNO2/c1-14(2)12(13(17)18-3)7-8-16(14)11-6-4-5-10(15)9-11/h4-6,9,12H,7-8H2,1-3H3. The second kappa shape index (κ2) is 4.92. The molecule has 1 aliphatic heterocycles. The number of rotatable bonds is 2. The first kappa shape index (κ1) is 13.4. The van der Waals surface area contributed by atoms with Crippen molar-refractivity contribution in [2.24, 2.45) is 5.92 Å². The first-order valence-corrected chi connectivity index (χ1v) is 6.87. The van der Waals surface area contributed by atoms with Crippen molar-refractivity contribution in [2.45, 2.75) is 25.8 Å². The Morgan fingerprint density at radius 3 is 2.83 bits per heavy atom. The van der Waals surface area contributed by atoms with E-state index < -0.39 is 0 Å². The largest absolute Gasteiger partial charge is 0.469 e. The van der Waals surface area contributed by atoms with Crippen LogP contribution < -0.4 is 4.90 Å². The number of esters is 1. The quantitative estimate of drug-likeness (QED) is 0.785. The number of halogens is 1. The van der Waals surface area contributed by atoms with Gasteiger partial charge in [-0.25, -0.2) is 0 Å². The zero-order valence-corrected chi connectivity index (χ0v) is 12.5. The molecule has 0 spiro atoms. The van der Waals surface area contributed by atoms with Gasteiger partial charge in [0.15, 0.2) is 0 Å². The number of carbonyl (C=O) groups is 1. The van der Waals surface area contributed by atoms with E-state index in [2.05, 4.69) is 46.8 Å². The lowest BCUT2D eigenvalue weighted by Gasteiger charge is -2.36. The van der Waals surface area contributed by atoms with Crippen LogP contribution in [0.15, 0.2) is 28.7 Å². The average molecular weight is 312 g/mol. The maximum absolute atomic E-state index is 11.8. The summed E-state index contributed by atoms with van der Waals surface area (Å²) >= 11 is 3.49. The summed E-state index contributed by atoms with van der Waals surface area (Å²) in [5.41, 5.74) is 0.925. The van der Waals surface area contributed by atoms with Crippen LogP contribution in [-0.2, 0) is 9.53 Å². The van der Waals surface area contributed by atoms with Crippen molar-refractivity contribution >= 4 is 27.6 Å². The first-order valence-electron chi connectivity index (χ1n) is 6.08. The summed E-state index contributed by atoms with van der Waals surface area (Å²) < 4.78 is 5.96. The smallest absolute Gasteiger partial charge is 0.311 e. The summed E-state index contributed by atoms with van der Waals surface area (Å²) in [4.78, 5) is 14.1. The monoisotopic (exact) mass is 311 g/mol. The second-order valence-corrected chi connectivity index (χ2v) is 6.07. The zero-order valence-electron chi connectivity index (χ0n) is 10.9. The van der Waals surface area contributed by atoms with Gasteiger partial charge in [-0.15, -0.1) is 0 Å². The van der Waals surface area contributed by atoms with Gasteiger partial charge in [0, 0.05) is 22.2 Å². The van der Waals surface area contributed by atoms with Crippen LogP contribution >= 0.6 is 15.9 Å². The highest BCUT2D eigenvalue weighted by molar-refractivity contribution is 9.10. The molecule has 1 unspecified atom stereocenters. The van der Waals surface area contributed by atoms with Crippen LogP contribution in [0, 0.1) is 5.92 Å². The molecule has 0 amide bonds. The molecule has 98 valence electrons. The van der Waals surface area contributed by atoms with Gasteiger partial charge in [0.2, 0.25) is 0 Å². The molecule has 4 heteroatoms. The van der Waals surface area contributed by atoms with Gasteiger partial charge in [-0.05, 0) is 38.5 Å². The number of anilines is 1. The normalized spacial score (nSPS) is 22.0. The molecule has 1 aliphatic rings. The topological polar surface area (TPSA) is 29.5 Å². The summed E-state index contributed by atoms with van der Waals surface area (Å²) in [6.45, 7) is 5.08.